The van der Waals surface area contributed by atoms with Crippen LogP contribution >= 0.6 is 0 Å². The molecule has 0 amide bonds. The number of hydrogen-bond donors (Lipinski definition) is 1. The fourth-order valence-corrected chi connectivity index (χ4v) is 1.85. The van der Waals surface area contributed by atoms with E-state index < -0.39 is 21.0 Å². The molecule has 1 unspecified atom stereocenters. The summed E-state index contributed by atoms with van der Waals surface area (Å²) in [6.45, 7) is 4.21. The Morgan fingerprint density at radius 2 is 1.91 bits per heavy atom. The van der Waals surface area contributed by atoms with Gasteiger partial charge in [0.05, 0.1) is 0 Å². The first-order valence-corrected chi connectivity index (χ1v) is 4.85. The van der Waals surface area contributed by atoms with E-state index in [1.807, 2.05) is 0 Å². The maximum Gasteiger partial charge on any atom is 0.300 e. The van der Waals surface area contributed by atoms with Gasteiger partial charge in [0.1, 0.15) is 0 Å². The van der Waals surface area contributed by atoms with Crippen LogP contribution in [0.1, 0.15) is 27.2 Å². The van der Waals surface area contributed by atoms with Crippen molar-refractivity contribution in [1.29, 1.82) is 0 Å². The average Bonchev–Trinajstić information content (AvgIpc) is 1.83. The van der Waals surface area contributed by atoms with Crippen molar-refractivity contribution in [2.45, 2.75) is 32.2 Å². The molecule has 0 aliphatic rings. The molecular formula is C6H13FO3S. The van der Waals surface area contributed by atoms with Crippen LogP contribution in [0.4, 0.5) is 4.39 Å². The standard InChI is InChI=1S/C6H13FO3S/c1-4-6(7,5(2)3)11(8,9)10/h5H,4H2,1-3H3,(H,8,9,10). The summed E-state index contributed by atoms with van der Waals surface area (Å²) in [4.78, 5) is 0. The SMILES string of the molecule is CCC(F)(C(C)C)S(=O)(=O)O. The van der Waals surface area contributed by atoms with Crippen LogP contribution < -0.4 is 0 Å². The fraction of sp³-hybridized carbons (Fsp3) is 1.00. The summed E-state index contributed by atoms with van der Waals surface area (Å²) in [6, 6.07) is 0. The summed E-state index contributed by atoms with van der Waals surface area (Å²) in [5.74, 6) is -0.734. The van der Waals surface area contributed by atoms with Crippen molar-refractivity contribution in [3.8, 4) is 0 Å². The maximum absolute atomic E-state index is 13.3. The van der Waals surface area contributed by atoms with E-state index in [0.717, 1.165) is 0 Å². The Morgan fingerprint density at radius 3 is 1.91 bits per heavy atom. The summed E-state index contributed by atoms with van der Waals surface area (Å²) < 4.78 is 42.8. The van der Waals surface area contributed by atoms with E-state index in [-0.39, 0.29) is 6.42 Å². The second kappa shape index (κ2) is 3.06. The van der Waals surface area contributed by atoms with Crippen molar-refractivity contribution in [1.82, 2.24) is 0 Å². The first-order chi connectivity index (χ1) is 4.75. The van der Waals surface area contributed by atoms with Gasteiger partial charge in [-0.3, -0.25) is 4.55 Å². The summed E-state index contributed by atoms with van der Waals surface area (Å²) >= 11 is 0. The monoisotopic (exact) mass is 184 g/mol. The third-order valence-electron chi connectivity index (χ3n) is 1.77. The Bertz CT molecular complexity index is 222. The minimum Gasteiger partial charge on any atom is -0.283 e. The fourth-order valence-electron chi connectivity index (χ4n) is 0.889. The van der Waals surface area contributed by atoms with Crippen LogP contribution in [0.2, 0.25) is 0 Å². The largest absolute Gasteiger partial charge is 0.300 e. The maximum atomic E-state index is 13.3. The minimum absolute atomic E-state index is 0.233. The molecule has 0 aromatic carbocycles. The third kappa shape index (κ3) is 1.90. The molecule has 0 aromatic rings. The number of halogens is 1. The smallest absolute Gasteiger partial charge is 0.283 e. The number of alkyl halides is 1. The molecule has 0 spiro atoms. The van der Waals surface area contributed by atoms with Gasteiger partial charge in [-0.25, -0.2) is 4.39 Å². The van der Waals surface area contributed by atoms with Crippen LogP contribution in [0, 0.1) is 5.92 Å². The molecule has 5 heteroatoms. The van der Waals surface area contributed by atoms with E-state index in [2.05, 4.69) is 0 Å². The molecule has 0 saturated heterocycles. The molecule has 0 saturated carbocycles. The molecule has 0 aromatic heterocycles. The molecule has 0 rings (SSSR count). The van der Waals surface area contributed by atoms with E-state index in [1.54, 1.807) is 0 Å². The van der Waals surface area contributed by atoms with E-state index >= 15 is 0 Å². The molecule has 1 atom stereocenters. The zero-order chi connectivity index (χ0) is 9.28. The van der Waals surface area contributed by atoms with Gasteiger partial charge in [0.2, 0.25) is 5.00 Å². The Kier molecular flexibility index (Phi) is 3.02. The highest BCUT2D eigenvalue weighted by Crippen LogP contribution is 2.30. The molecule has 0 aliphatic heterocycles. The van der Waals surface area contributed by atoms with Crippen molar-refractivity contribution in [2.24, 2.45) is 5.92 Å². The van der Waals surface area contributed by atoms with Gasteiger partial charge in [0.15, 0.2) is 0 Å². The van der Waals surface area contributed by atoms with Crippen molar-refractivity contribution >= 4 is 10.1 Å². The number of rotatable bonds is 3. The Balaban J connectivity index is 4.92. The van der Waals surface area contributed by atoms with Gasteiger partial charge in [-0.1, -0.05) is 20.8 Å². The highest BCUT2D eigenvalue weighted by atomic mass is 32.2. The highest BCUT2D eigenvalue weighted by molar-refractivity contribution is 7.87. The van der Waals surface area contributed by atoms with E-state index in [9.17, 15) is 12.8 Å². The lowest BCUT2D eigenvalue weighted by atomic mass is 10.1. The van der Waals surface area contributed by atoms with Crippen molar-refractivity contribution < 1.29 is 17.4 Å². The molecule has 3 nitrogen and oxygen atoms in total. The Morgan fingerprint density at radius 1 is 1.55 bits per heavy atom. The second-order valence-electron chi connectivity index (χ2n) is 2.77. The average molecular weight is 184 g/mol. The number of hydrogen-bond acceptors (Lipinski definition) is 2. The summed E-state index contributed by atoms with van der Waals surface area (Å²) in [5.41, 5.74) is 0. The van der Waals surface area contributed by atoms with Crippen LogP contribution in [-0.4, -0.2) is 18.0 Å². The van der Waals surface area contributed by atoms with Gasteiger partial charge >= 0.3 is 10.1 Å². The van der Waals surface area contributed by atoms with Gasteiger partial charge in [0, 0.05) is 5.92 Å². The highest BCUT2D eigenvalue weighted by Gasteiger charge is 2.44. The van der Waals surface area contributed by atoms with Gasteiger partial charge in [0.25, 0.3) is 0 Å². The second-order valence-corrected chi connectivity index (χ2v) is 4.40. The topological polar surface area (TPSA) is 54.4 Å². The Labute approximate surface area is 66.4 Å². The quantitative estimate of drug-likeness (QED) is 0.678. The van der Waals surface area contributed by atoms with Gasteiger partial charge in [-0.05, 0) is 6.42 Å². The summed E-state index contributed by atoms with van der Waals surface area (Å²) in [6.07, 6.45) is -0.233. The molecule has 0 bridgehead atoms. The lowest BCUT2D eigenvalue weighted by Gasteiger charge is -2.23. The zero-order valence-corrected chi connectivity index (χ0v) is 7.65. The molecule has 68 valence electrons. The Hall–Kier alpha value is -0.160. The van der Waals surface area contributed by atoms with Crippen LogP contribution in [0.3, 0.4) is 0 Å². The predicted molar refractivity (Wildman–Crippen MR) is 40.5 cm³/mol. The van der Waals surface area contributed by atoms with Crippen molar-refractivity contribution in [3.63, 3.8) is 0 Å². The first-order valence-electron chi connectivity index (χ1n) is 3.41. The van der Waals surface area contributed by atoms with Gasteiger partial charge in [-0.2, -0.15) is 8.42 Å². The van der Waals surface area contributed by atoms with Crippen LogP contribution in [0.15, 0.2) is 0 Å². The normalized spacial score (nSPS) is 18.4. The van der Waals surface area contributed by atoms with E-state index in [4.69, 9.17) is 4.55 Å². The minimum atomic E-state index is -4.58. The summed E-state index contributed by atoms with van der Waals surface area (Å²) in [7, 11) is -4.58. The predicted octanol–water partition coefficient (Wildman–Crippen LogP) is 1.61. The lowest BCUT2D eigenvalue weighted by molar-refractivity contribution is 0.174. The first kappa shape index (κ1) is 10.8. The van der Waals surface area contributed by atoms with Crippen LogP contribution in [-0.2, 0) is 10.1 Å². The van der Waals surface area contributed by atoms with E-state index in [1.165, 1.54) is 20.8 Å². The third-order valence-corrected chi connectivity index (χ3v) is 3.39. The molecule has 11 heavy (non-hydrogen) atoms. The molecular weight excluding hydrogens is 171 g/mol. The lowest BCUT2D eigenvalue weighted by Crippen LogP contribution is -2.38. The molecule has 0 heterocycles. The van der Waals surface area contributed by atoms with Crippen LogP contribution in [0.25, 0.3) is 0 Å². The molecule has 1 N–H and O–H groups in total. The van der Waals surface area contributed by atoms with Crippen molar-refractivity contribution in [2.75, 3.05) is 0 Å². The van der Waals surface area contributed by atoms with Gasteiger partial charge in [-0.15, -0.1) is 0 Å². The zero-order valence-electron chi connectivity index (χ0n) is 6.83. The summed E-state index contributed by atoms with van der Waals surface area (Å²) in [5, 5.41) is -2.49. The van der Waals surface area contributed by atoms with Gasteiger partial charge < -0.3 is 0 Å². The molecule has 0 aliphatic carbocycles. The molecule has 0 fully saturated rings. The molecule has 0 radical (unpaired) electrons. The van der Waals surface area contributed by atoms with Crippen LogP contribution in [0.5, 0.6) is 0 Å². The van der Waals surface area contributed by atoms with E-state index in [0.29, 0.717) is 0 Å². The van der Waals surface area contributed by atoms with Crippen molar-refractivity contribution in [3.05, 3.63) is 0 Å².